The normalized spacial score (nSPS) is 12.3. The third-order valence-corrected chi connectivity index (χ3v) is 8.69. The SMILES string of the molecule is Cc1ccc2ccccc2c1SN(Cc1ccc(-c2cccc(C(C)(C)CC(=O)O)c2)cc1)Cc1ccc(C(F)(F)F)o1. The van der Waals surface area contributed by atoms with Crippen LogP contribution in [0.3, 0.4) is 0 Å². The average molecular weight is 604 g/mol. The number of carboxylic acid groups (broad SMARTS) is 1. The molecule has 0 amide bonds. The molecular weight excluding hydrogens is 571 g/mol. The van der Waals surface area contributed by atoms with E-state index < -0.39 is 23.3 Å². The third kappa shape index (κ3) is 7.32. The molecule has 0 aliphatic carbocycles. The Morgan fingerprint density at radius 2 is 1.60 bits per heavy atom. The molecule has 5 rings (SSSR count). The van der Waals surface area contributed by atoms with Gasteiger partial charge in [-0.3, -0.25) is 4.79 Å². The molecule has 0 radical (unpaired) electrons. The lowest BCUT2D eigenvalue weighted by Gasteiger charge is -2.24. The second-order valence-corrected chi connectivity index (χ2v) is 12.4. The van der Waals surface area contributed by atoms with E-state index >= 15 is 0 Å². The van der Waals surface area contributed by atoms with Gasteiger partial charge >= 0.3 is 12.1 Å². The molecule has 5 aromatic rings. The predicted octanol–water partition coefficient (Wildman–Crippen LogP) is 9.89. The van der Waals surface area contributed by atoms with Gasteiger partial charge < -0.3 is 9.52 Å². The van der Waals surface area contributed by atoms with Gasteiger partial charge in [0, 0.05) is 16.9 Å². The number of hydrogen-bond donors (Lipinski definition) is 1. The van der Waals surface area contributed by atoms with E-state index in [0.29, 0.717) is 6.54 Å². The van der Waals surface area contributed by atoms with E-state index in [1.807, 2.05) is 91.8 Å². The molecule has 0 aliphatic heterocycles. The Bertz CT molecular complexity index is 1740. The molecule has 0 unspecified atom stereocenters. The molecule has 0 saturated carbocycles. The Hall–Kier alpha value is -4.01. The average Bonchev–Trinajstić information content (AvgIpc) is 3.44. The molecule has 4 aromatic carbocycles. The van der Waals surface area contributed by atoms with Gasteiger partial charge in [-0.15, -0.1) is 0 Å². The zero-order valence-electron chi connectivity index (χ0n) is 24.1. The zero-order chi connectivity index (χ0) is 30.8. The number of fused-ring (bicyclic) bond motifs is 1. The van der Waals surface area contributed by atoms with Crippen molar-refractivity contribution in [3.05, 3.63) is 125 Å². The molecular formula is C35H32F3NO3S. The summed E-state index contributed by atoms with van der Waals surface area (Å²) < 4.78 is 46.9. The van der Waals surface area contributed by atoms with Gasteiger partial charge in [-0.2, -0.15) is 13.2 Å². The van der Waals surface area contributed by atoms with Crippen molar-refractivity contribution >= 4 is 28.7 Å². The summed E-state index contributed by atoms with van der Waals surface area (Å²) >= 11 is 1.51. The fraction of sp³-hybridized carbons (Fsp3) is 0.229. The van der Waals surface area contributed by atoms with Crippen molar-refractivity contribution in [2.24, 2.45) is 0 Å². The van der Waals surface area contributed by atoms with Gasteiger partial charge in [0.25, 0.3) is 0 Å². The van der Waals surface area contributed by atoms with E-state index in [1.165, 1.54) is 18.0 Å². The molecule has 0 fully saturated rings. The summed E-state index contributed by atoms with van der Waals surface area (Å²) in [7, 11) is 0. The highest BCUT2D eigenvalue weighted by Crippen LogP contribution is 2.37. The molecule has 1 N–H and O–H groups in total. The highest BCUT2D eigenvalue weighted by molar-refractivity contribution is 7.97. The van der Waals surface area contributed by atoms with Gasteiger partial charge in [0.2, 0.25) is 5.76 Å². The number of hydrogen-bond acceptors (Lipinski definition) is 4. The molecule has 43 heavy (non-hydrogen) atoms. The minimum absolute atomic E-state index is 0.0270. The first-order chi connectivity index (χ1) is 20.4. The Morgan fingerprint density at radius 1 is 0.860 bits per heavy atom. The minimum Gasteiger partial charge on any atom is -0.481 e. The van der Waals surface area contributed by atoms with E-state index in [-0.39, 0.29) is 18.7 Å². The number of alkyl halides is 3. The van der Waals surface area contributed by atoms with Crippen LogP contribution >= 0.6 is 11.9 Å². The van der Waals surface area contributed by atoms with Crippen molar-refractivity contribution in [2.45, 2.75) is 56.8 Å². The quantitative estimate of drug-likeness (QED) is 0.161. The van der Waals surface area contributed by atoms with Crippen LogP contribution in [-0.4, -0.2) is 15.4 Å². The zero-order valence-corrected chi connectivity index (χ0v) is 24.9. The molecule has 0 saturated heterocycles. The van der Waals surface area contributed by atoms with Crippen LogP contribution in [0.1, 0.15) is 48.5 Å². The van der Waals surface area contributed by atoms with Crippen LogP contribution < -0.4 is 0 Å². The second kappa shape index (κ2) is 12.3. The molecule has 8 heteroatoms. The van der Waals surface area contributed by atoms with Crippen molar-refractivity contribution in [1.82, 2.24) is 4.31 Å². The van der Waals surface area contributed by atoms with Crippen molar-refractivity contribution in [2.75, 3.05) is 0 Å². The summed E-state index contributed by atoms with van der Waals surface area (Å²) in [5, 5.41) is 11.5. The van der Waals surface area contributed by atoms with Gasteiger partial charge in [0.05, 0.1) is 13.0 Å². The summed E-state index contributed by atoms with van der Waals surface area (Å²) in [4.78, 5) is 12.4. The van der Waals surface area contributed by atoms with E-state index in [4.69, 9.17) is 4.42 Å². The lowest BCUT2D eigenvalue weighted by Crippen LogP contribution is -2.21. The minimum atomic E-state index is -4.54. The highest BCUT2D eigenvalue weighted by atomic mass is 32.2. The third-order valence-electron chi connectivity index (χ3n) is 7.45. The monoisotopic (exact) mass is 603 g/mol. The number of furan rings is 1. The fourth-order valence-corrected chi connectivity index (χ4v) is 6.28. The molecule has 0 atom stereocenters. The van der Waals surface area contributed by atoms with Crippen LogP contribution in [-0.2, 0) is 29.5 Å². The first-order valence-electron chi connectivity index (χ1n) is 13.9. The Kier molecular flexibility index (Phi) is 8.71. The van der Waals surface area contributed by atoms with E-state index in [0.717, 1.165) is 49.6 Å². The number of carbonyl (C=O) groups is 1. The maximum atomic E-state index is 13.2. The van der Waals surface area contributed by atoms with E-state index in [2.05, 4.69) is 18.2 Å². The summed E-state index contributed by atoms with van der Waals surface area (Å²) in [5.74, 6) is -1.62. The lowest BCUT2D eigenvalue weighted by molar-refractivity contribution is -0.153. The number of rotatable bonds is 10. The predicted molar refractivity (Wildman–Crippen MR) is 165 cm³/mol. The van der Waals surface area contributed by atoms with Crippen molar-refractivity contribution in [1.29, 1.82) is 0 Å². The smallest absolute Gasteiger partial charge is 0.449 e. The van der Waals surface area contributed by atoms with Crippen LogP contribution in [0.2, 0.25) is 0 Å². The summed E-state index contributed by atoms with van der Waals surface area (Å²) in [6.45, 7) is 6.50. The van der Waals surface area contributed by atoms with Gasteiger partial charge in [-0.25, -0.2) is 4.31 Å². The van der Waals surface area contributed by atoms with Gasteiger partial charge in [0.15, 0.2) is 0 Å². The van der Waals surface area contributed by atoms with Crippen LogP contribution in [0.25, 0.3) is 21.9 Å². The Morgan fingerprint density at radius 3 is 2.30 bits per heavy atom. The van der Waals surface area contributed by atoms with Crippen molar-refractivity contribution in [3.63, 3.8) is 0 Å². The lowest BCUT2D eigenvalue weighted by atomic mass is 9.80. The summed E-state index contributed by atoms with van der Waals surface area (Å²) in [6.07, 6.45) is -4.52. The number of carboxylic acids is 1. The standard InChI is InChI=1S/C35H32F3NO3S/c1-23-11-14-26-7-4-5-10-30(26)33(23)43-39(22-29-17-18-31(42-29)35(36,37)38)21-24-12-15-25(16-13-24)27-8-6-9-28(19-27)34(2,3)20-32(40)41/h4-19H,20-22H2,1-3H3,(H,40,41). The Labute approximate surface area is 253 Å². The number of halogens is 3. The fourth-order valence-electron chi connectivity index (χ4n) is 5.12. The first kappa shape index (κ1) is 30.4. The largest absolute Gasteiger partial charge is 0.481 e. The summed E-state index contributed by atoms with van der Waals surface area (Å²) in [6, 6.07) is 30.5. The van der Waals surface area contributed by atoms with Crippen molar-refractivity contribution < 1.29 is 27.5 Å². The number of aliphatic carboxylic acids is 1. The maximum absolute atomic E-state index is 13.2. The van der Waals surface area contributed by atoms with Crippen LogP contribution in [0, 0.1) is 6.92 Å². The number of nitrogens with zero attached hydrogens (tertiary/aromatic N) is 1. The van der Waals surface area contributed by atoms with E-state index in [1.54, 1.807) is 0 Å². The number of benzene rings is 4. The molecule has 1 aromatic heterocycles. The molecule has 1 heterocycles. The molecule has 0 bridgehead atoms. The number of aryl methyl sites for hydroxylation is 1. The van der Waals surface area contributed by atoms with Gasteiger partial charge in [-0.05, 0) is 69.6 Å². The topological polar surface area (TPSA) is 53.7 Å². The first-order valence-corrected chi connectivity index (χ1v) is 14.7. The van der Waals surface area contributed by atoms with E-state index in [9.17, 15) is 23.1 Å². The highest BCUT2D eigenvalue weighted by Gasteiger charge is 2.35. The van der Waals surface area contributed by atoms with Crippen LogP contribution in [0.4, 0.5) is 13.2 Å². The van der Waals surface area contributed by atoms with Gasteiger partial charge in [0.1, 0.15) is 5.76 Å². The molecule has 0 spiro atoms. The van der Waals surface area contributed by atoms with Gasteiger partial charge in [-0.1, -0.05) is 98.8 Å². The van der Waals surface area contributed by atoms with Crippen LogP contribution in [0.5, 0.6) is 0 Å². The maximum Gasteiger partial charge on any atom is 0.449 e. The van der Waals surface area contributed by atoms with Crippen LogP contribution in [0.15, 0.2) is 106 Å². The van der Waals surface area contributed by atoms with Crippen molar-refractivity contribution in [3.8, 4) is 11.1 Å². The summed E-state index contributed by atoms with van der Waals surface area (Å²) in [5.41, 5.74) is 4.46. The molecule has 222 valence electrons. The molecule has 0 aliphatic rings. The Balaban J connectivity index is 1.42. The second-order valence-electron chi connectivity index (χ2n) is 11.3. The molecule has 4 nitrogen and oxygen atoms in total.